The molecular formula is C6H11IO3. The van der Waals surface area contributed by atoms with E-state index in [2.05, 4.69) is 22.6 Å². The Kier molecular flexibility index (Phi) is 2.91. The maximum atomic E-state index is 9.34. The van der Waals surface area contributed by atoms with Gasteiger partial charge in [0.15, 0.2) is 0 Å². The van der Waals surface area contributed by atoms with E-state index < -0.39 is 6.10 Å². The average molecular weight is 258 g/mol. The molecular weight excluding hydrogens is 247 g/mol. The topological polar surface area (TPSA) is 49.7 Å². The summed E-state index contributed by atoms with van der Waals surface area (Å²) in [5.41, 5.74) is 0. The van der Waals surface area contributed by atoms with E-state index in [1.165, 1.54) is 0 Å². The zero-order valence-corrected chi connectivity index (χ0v) is 7.85. The molecule has 0 aliphatic carbocycles. The van der Waals surface area contributed by atoms with E-state index in [-0.39, 0.29) is 22.7 Å². The van der Waals surface area contributed by atoms with Gasteiger partial charge in [0.2, 0.25) is 0 Å². The molecule has 0 aromatic heterocycles. The fraction of sp³-hybridized carbons (Fsp3) is 1.00. The first-order chi connectivity index (χ1) is 4.66. The molecule has 0 aromatic carbocycles. The van der Waals surface area contributed by atoms with Crippen LogP contribution < -0.4 is 0 Å². The zero-order valence-electron chi connectivity index (χ0n) is 5.70. The van der Waals surface area contributed by atoms with Crippen LogP contribution in [0.1, 0.15) is 6.92 Å². The molecule has 1 fully saturated rings. The number of aliphatic hydroxyl groups excluding tert-OH is 2. The summed E-state index contributed by atoms with van der Waals surface area (Å²) in [4.78, 5) is 0. The summed E-state index contributed by atoms with van der Waals surface area (Å²) in [6, 6.07) is 0. The van der Waals surface area contributed by atoms with Crippen LogP contribution in [0.3, 0.4) is 0 Å². The van der Waals surface area contributed by atoms with E-state index in [9.17, 15) is 5.11 Å². The lowest BCUT2D eigenvalue weighted by Gasteiger charge is -2.10. The van der Waals surface area contributed by atoms with E-state index in [1.807, 2.05) is 6.92 Å². The number of ether oxygens (including phenoxy) is 1. The molecule has 10 heavy (non-hydrogen) atoms. The fourth-order valence-electron chi connectivity index (χ4n) is 1.07. The normalized spacial score (nSPS) is 48.0. The molecule has 2 N–H and O–H groups in total. The first-order valence-corrected chi connectivity index (χ1v) is 4.50. The van der Waals surface area contributed by atoms with Crippen molar-refractivity contribution in [3.05, 3.63) is 0 Å². The molecule has 0 amide bonds. The molecule has 4 atom stereocenters. The lowest BCUT2D eigenvalue weighted by atomic mass is 10.1. The molecule has 0 saturated carbocycles. The summed E-state index contributed by atoms with van der Waals surface area (Å²) >= 11 is 2.14. The van der Waals surface area contributed by atoms with Gasteiger partial charge in [-0.1, -0.05) is 22.6 Å². The Hall–Kier alpha value is 0.610. The third-order valence-corrected chi connectivity index (χ3v) is 3.47. The minimum Gasteiger partial charge on any atom is -0.394 e. The van der Waals surface area contributed by atoms with Crippen LogP contribution in [0, 0.1) is 0 Å². The largest absolute Gasteiger partial charge is 0.394 e. The molecule has 1 heterocycles. The molecule has 60 valence electrons. The van der Waals surface area contributed by atoms with E-state index in [0.717, 1.165) is 0 Å². The third kappa shape index (κ3) is 1.44. The van der Waals surface area contributed by atoms with Gasteiger partial charge in [-0.2, -0.15) is 0 Å². The number of rotatable bonds is 1. The Morgan fingerprint density at radius 2 is 2.20 bits per heavy atom. The Bertz CT molecular complexity index is 120. The minimum atomic E-state index is -0.513. The second kappa shape index (κ2) is 3.34. The van der Waals surface area contributed by atoms with Crippen molar-refractivity contribution in [1.82, 2.24) is 0 Å². The van der Waals surface area contributed by atoms with Gasteiger partial charge in [0, 0.05) is 0 Å². The van der Waals surface area contributed by atoms with Gasteiger partial charge in [0.05, 0.1) is 22.7 Å². The van der Waals surface area contributed by atoms with Crippen molar-refractivity contribution in [1.29, 1.82) is 0 Å². The van der Waals surface area contributed by atoms with E-state index in [0.29, 0.717) is 0 Å². The van der Waals surface area contributed by atoms with Crippen molar-refractivity contribution in [2.24, 2.45) is 0 Å². The van der Waals surface area contributed by atoms with Crippen molar-refractivity contribution in [3.8, 4) is 0 Å². The molecule has 0 spiro atoms. The lowest BCUT2D eigenvalue weighted by molar-refractivity contribution is -0.0170. The summed E-state index contributed by atoms with van der Waals surface area (Å²) in [6.45, 7) is 1.81. The van der Waals surface area contributed by atoms with E-state index in [4.69, 9.17) is 9.84 Å². The highest BCUT2D eigenvalue weighted by Crippen LogP contribution is 2.26. The molecule has 3 nitrogen and oxygen atoms in total. The van der Waals surface area contributed by atoms with Crippen molar-refractivity contribution < 1.29 is 14.9 Å². The average Bonchev–Trinajstić information content (AvgIpc) is 2.17. The van der Waals surface area contributed by atoms with Gasteiger partial charge in [0.25, 0.3) is 0 Å². The van der Waals surface area contributed by atoms with Crippen LogP contribution in [0.2, 0.25) is 0 Å². The summed E-state index contributed by atoms with van der Waals surface area (Å²) in [5.74, 6) is 0. The first kappa shape index (κ1) is 8.70. The maximum absolute atomic E-state index is 9.34. The highest BCUT2D eigenvalue weighted by Gasteiger charge is 2.38. The van der Waals surface area contributed by atoms with Crippen molar-refractivity contribution in [2.45, 2.75) is 29.2 Å². The van der Waals surface area contributed by atoms with Crippen molar-refractivity contribution in [3.63, 3.8) is 0 Å². The summed E-state index contributed by atoms with van der Waals surface area (Å²) in [6.07, 6.45) is -0.842. The third-order valence-electron chi connectivity index (χ3n) is 1.73. The maximum Gasteiger partial charge on any atom is 0.108 e. The van der Waals surface area contributed by atoms with Gasteiger partial charge in [0.1, 0.15) is 6.10 Å². The van der Waals surface area contributed by atoms with Gasteiger partial charge in [-0.05, 0) is 6.92 Å². The summed E-state index contributed by atoms with van der Waals surface area (Å²) < 4.78 is 5.33. The van der Waals surface area contributed by atoms with Crippen LogP contribution >= 0.6 is 22.6 Å². The highest BCUT2D eigenvalue weighted by atomic mass is 127. The Labute approximate surface area is 73.5 Å². The van der Waals surface area contributed by atoms with Crippen LogP contribution in [-0.4, -0.2) is 39.1 Å². The van der Waals surface area contributed by atoms with Gasteiger partial charge >= 0.3 is 0 Å². The molecule has 1 aliphatic rings. The Morgan fingerprint density at radius 1 is 1.60 bits per heavy atom. The molecule has 1 aliphatic heterocycles. The summed E-state index contributed by atoms with van der Waals surface area (Å²) in [5, 5.41) is 18.0. The predicted octanol–water partition coefficient (Wildman–Crippen LogP) is -0.0695. The van der Waals surface area contributed by atoms with Crippen LogP contribution in [0.15, 0.2) is 0 Å². The van der Waals surface area contributed by atoms with E-state index >= 15 is 0 Å². The zero-order chi connectivity index (χ0) is 7.72. The minimum absolute atomic E-state index is 0.0488. The quantitative estimate of drug-likeness (QED) is 0.511. The molecule has 0 unspecified atom stereocenters. The fourth-order valence-corrected chi connectivity index (χ4v) is 1.70. The van der Waals surface area contributed by atoms with Crippen LogP contribution in [0.25, 0.3) is 0 Å². The molecule has 0 radical (unpaired) electrons. The molecule has 4 heteroatoms. The van der Waals surface area contributed by atoms with Gasteiger partial charge < -0.3 is 14.9 Å². The van der Waals surface area contributed by atoms with Crippen LogP contribution in [-0.2, 0) is 4.74 Å². The van der Waals surface area contributed by atoms with E-state index in [1.54, 1.807) is 0 Å². The molecule has 1 rings (SSSR count). The number of aliphatic hydroxyl groups is 2. The number of hydrogen-bond acceptors (Lipinski definition) is 3. The van der Waals surface area contributed by atoms with Crippen molar-refractivity contribution in [2.75, 3.05) is 6.61 Å². The van der Waals surface area contributed by atoms with Crippen LogP contribution in [0.5, 0.6) is 0 Å². The van der Waals surface area contributed by atoms with Crippen LogP contribution in [0.4, 0.5) is 0 Å². The Balaban J connectivity index is 2.53. The monoisotopic (exact) mass is 258 g/mol. The molecule has 1 saturated heterocycles. The summed E-state index contributed by atoms with van der Waals surface area (Å²) in [7, 11) is 0. The van der Waals surface area contributed by atoms with Gasteiger partial charge in [-0.15, -0.1) is 0 Å². The van der Waals surface area contributed by atoms with Crippen molar-refractivity contribution >= 4 is 22.6 Å². The highest BCUT2D eigenvalue weighted by molar-refractivity contribution is 14.1. The standard InChI is InChI=1S/C6H11IO3/c1-3-5(7)6(9)4(2-8)10-3/h3-6,8-9H,2H2,1H3/t3-,4+,5+,6+/m0/s1. The smallest absolute Gasteiger partial charge is 0.108 e. The Morgan fingerprint density at radius 3 is 2.40 bits per heavy atom. The molecule has 0 aromatic rings. The first-order valence-electron chi connectivity index (χ1n) is 3.25. The second-order valence-electron chi connectivity index (χ2n) is 2.50. The SMILES string of the molecule is C[C@@H]1O[C@H](CO)[C@@H](O)[C@@H]1I. The number of alkyl halides is 1. The number of halogens is 1. The lowest BCUT2D eigenvalue weighted by Crippen LogP contribution is -2.29. The van der Waals surface area contributed by atoms with Gasteiger partial charge in [-0.25, -0.2) is 0 Å². The molecule has 0 bridgehead atoms. The predicted molar refractivity (Wildman–Crippen MR) is 45.2 cm³/mol. The van der Waals surface area contributed by atoms with Gasteiger partial charge in [-0.3, -0.25) is 0 Å². The number of hydrogen-bond donors (Lipinski definition) is 2. The second-order valence-corrected chi connectivity index (χ2v) is 3.94.